The monoisotopic (exact) mass is 559 g/mol. The van der Waals surface area contributed by atoms with Crippen molar-refractivity contribution in [2.75, 3.05) is 18.4 Å². The van der Waals surface area contributed by atoms with E-state index in [0.717, 1.165) is 23.5 Å². The van der Waals surface area contributed by atoms with Gasteiger partial charge in [-0.15, -0.1) is 0 Å². The van der Waals surface area contributed by atoms with E-state index in [-0.39, 0.29) is 23.3 Å². The number of likely N-dealkylation sites (tertiary alicyclic amines) is 1. The van der Waals surface area contributed by atoms with Crippen LogP contribution >= 0.6 is 0 Å². The van der Waals surface area contributed by atoms with Gasteiger partial charge in [0.1, 0.15) is 17.1 Å². The van der Waals surface area contributed by atoms with Crippen molar-refractivity contribution < 1.29 is 41.8 Å². The number of amides is 2. The second-order valence-corrected chi connectivity index (χ2v) is 9.72. The van der Waals surface area contributed by atoms with Gasteiger partial charge in [0.05, 0.1) is 11.9 Å². The van der Waals surface area contributed by atoms with E-state index in [1.54, 1.807) is 30.6 Å². The Labute approximate surface area is 227 Å². The lowest BCUT2D eigenvalue weighted by Gasteiger charge is -2.46. The quantitative estimate of drug-likeness (QED) is 0.451. The number of piperidine rings is 1. The number of nitrogens with zero attached hydrogens (tertiary/aromatic N) is 2. The molecule has 40 heavy (non-hydrogen) atoms. The Balaban J connectivity index is 0.000000470. The van der Waals surface area contributed by atoms with E-state index < -0.39 is 12.1 Å². The topological polar surface area (TPSA) is 122 Å². The lowest BCUT2D eigenvalue weighted by molar-refractivity contribution is -0.192. The number of ether oxygens (including phenoxy) is 1. The molecule has 1 spiro atoms. The van der Waals surface area contributed by atoms with Crippen LogP contribution in [-0.2, 0) is 9.59 Å². The van der Waals surface area contributed by atoms with Crippen molar-refractivity contribution in [2.45, 2.75) is 50.3 Å². The zero-order valence-corrected chi connectivity index (χ0v) is 21.6. The maximum atomic E-state index is 12.8. The molecule has 12 heteroatoms. The normalized spacial score (nSPS) is 17.6. The number of nitrogens with one attached hydrogen (secondary N) is 1. The molecule has 2 amide bonds. The molecular formula is C28H28F3N3O6. The number of para-hydroxylation sites is 1. The number of carbonyl (C=O) groups excluding carboxylic acids is 2. The summed E-state index contributed by atoms with van der Waals surface area (Å²) in [5.74, 6) is -0.893. The minimum absolute atomic E-state index is 0.0411. The molecule has 9 nitrogen and oxygen atoms in total. The summed E-state index contributed by atoms with van der Waals surface area (Å²) in [5, 5.41) is 10.1. The van der Waals surface area contributed by atoms with E-state index in [0.29, 0.717) is 43.8 Å². The van der Waals surface area contributed by atoms with Crippen LogP contribution < -0.4 is 10.1 Å². The molecule has 2 aromatic heterocycles. The highest BCUT2D eigenvalue weighted by Crippen LogP contribution is 2.46. The van der Waals surface area contributed by atoms with Crippen LogP contribution in [0.15, 0.2) is 65.3 Å². The van der Waals surface area contributed by atoms with Crippen LogP contribution in [0.3, 0.4) is 0 Å². The molecule has 212 valence electrons. The Kier molecular flexibility index (Phi) is 8.46. The fourth-order valence-electron chi connectivity index (χ4n) is 4.93. The summed E-state index contributed by atoms with van der Waals surface area (Å²) in [6, 6.07) is 15.1. The molecule has 2 N–H and O–H groups in total. The first-order valence-corrected chi connectivity index (χ1v) is 12.6. The minimum Gasteiger partial charge on any atom is -0.487 e. The van der Waals surface area contributed by atoms with E-state index in [1.807, 2.05) is 42.2 Å². The van der Waals surface area contributed by atoms with Crippen molar-refractivity contribution in [1.29, 1.82) is 0 Å². The van der Waals surface area contributed by atoms with Gasteiger partial charge in [-0.2, -0.15) is 13.2 Å². The highest BCUT2D eigenvalue weighted by Gasteiger charge is 2.44. The third-order valence-corrected chi connectivity index (χ3v) is 6.84. The Hall–Kier alpha value is -4.35. The first-order chi connectivity index (χ1) is 19.0. The van der Waals surface area contributed by atoms with Crippen LogP contribution in [0.25, 0.3) is 0 Å². The fraction of sp³-hybridized carbons (Fsp3) is 0.357. The average molecular weight is 560 g/mol. The number of halogens is 3. The smallest absolute Gasteiger partial charge is 0.487 e. The molecule has 1 aromatic carbocycles. The molecule has 0 saturated carbocycles. The molecule has 2 aliphatic heterocycles. The summed E-state index contributed by atoms with van der Waals surface area (Å²) < 4.78 is 43.8. The lowest BCUT2D eigenvalue weighted by atomic mass is 9.76. The standard InChI is InChI=1S/C26H27N3O4.C2HF3O2/c1-18-8-9-23(32-18)25(31)29-13-10-26(11-14-29)16-19(21-6-2-3-7-22(21)33-26)15-24(30)28-20-5-4-12-27-17-20;3-2(4,5)1(6)7/h2-9,12,17,19H,10-11,13-16H2,1H3,(H,28,30);(H,6,7). The molecule has 0 bridgehead atoms. The van der Waals surface area contributed by atoms with Crippen LogP contribution in [0.5, 0.6) is 5.75 Å². The van der Waals surface area contributed by atoms with Gasteiger partial charge in [-0.1, -0.05) is 18.2 Å². The number of benzene rings is 1. The molecule has 1 saturated heterocycles. The summed E-state index contributed by atoms with van der Waals surface area (Å²) in [6.45, 7) is 3.02. The Morgan fingerprint density at radius 1 is 1.10 bits per heavy atom. The number of aliphatic carboxylic acids is 1. The number of rotatable bonds is 4. The zero-order valence-electron chi connectivity index (χ0n) is 21.6. The van der Waals surface area contributed by atoms with E-state index in [1.165, 1.54) is 0 Å². The zero-order chi connectivity index (χ0) is 28.9. The molecule has 4 heterocycles. The number of furan rings is 1. The Morgan fingerprint density at radius 3 is 2.40 bits per heavy atom. The predicted octanol–water partition coefficient (Wildman–Crippen LogP) is 5.19. The van der Waals surface area contributed by atoms with Gasteiger partial charge in [0.25, 0.3) is 5.91 Å². The molecule has 3 aromatic rings. The molecule has 0 radical (unpaired) electrons. The number of anilines is 1. The second kappa shape index (κ2) is 11.8. The third-order valence-electron chi connectivity index (χ3n) is 6.84. The summed E-state index contributed by atoms with van der Waals surface area (Å²) in [4.78, 5) is 40.4. The summed E-state index contributed by atoms with van der Waals surface area (Å²) >= 11 is 0. The van der Waals surface area contributed by atoms with Gasteiger partial charge in [0.2, 0.25) is 5.91 Å². The SMILES string of the molecule is Cc1ccc(C(=O)N2CCC3(CC2)CC(CC(=O)Nc2cccnc2)c2ccccc2O3)o1.O=C(O)C(F)(F)F. The predicted molar refractivity (Wildman–Crippen MR) is 137 cm³/mol. The average Bonchev–Trinajstić information content (AvgIpc) is 3.35. The summed E-state index contributed by atoms with van der Waals surface area (Å²) in [7, 11) is 0. The number of carbonyl (C=O) groups is 3. The van der Waals surface area contributed by atoms with Gasteiger partial charge in [-0.05, 0) is 49.2 Å². The minimum atomic E-state index is -5.08. The molecule has 1 atom stereocenters. The number of pyridine rings is 1. The van der Waals surface area contributed by atoms with Crippen molar-refractivity contribution in [2.24, 2.45) is 0 Å². The van der Waals surface area contributed by atoms with Crippen molar-refractivity contribution in [1.82, 2.24) is 9.88 Å². The van der Waals surface area contributed by atoms with E-state index >= 15 is 0 Å². The van der Waals surface area contributed by atoms with Gasteiger partial charge in [0, 0.05) is 44.5 Å². The molecule has 5 rings (SSSR count). The van der Waals surface area contributed by atoms with Crippen LogP contribution in [0.1, 0.15) is 53.5 Å². The summed E-state index contributed by atoms with van der Waals surface area (Å²) in [5.41, 5.74) is 1.37. The van der Waals surface area contributed by atoms with Crippen molar-refractivity contribution in [3.8, 4) is 5.75 Å². The molecule has 1 fully saturated rings. The van der Waals surface area contributed by atoms with Gasteiger partial charge in [0.15, 0.2) is 5.76 Å². The Bertz CT molecular complexity index is 1350. The third kappa shape index (κ3) is 6.99. The van der Waals surface area contributed by atoms with Crippen molar-refractivity contribution in [3.05, 3.63) is 78.0 Å². The first kappa shape index (κ1) is 28.7. The maximum absolute atomic E-state index is 12.8. The van der Waals surface area contributed by atoms with E-state index in [4.69, 9.17) is 19.1 Å². The van der Waals surface area contributed by atoms with E-state index in [9.17, 15) is 22.8 Å². The largest absolute Gasteiger partial charge is 0.490 e. The van der Waals surface area contributed by atoms with Crippen LogP contribution in [0.4, 0.5) is 18.9 Å². The number of hydrogen-bond acceptors (Lipinski definition) is 6. The number of aromatic nitrogens is 1. The number of alkyl halides is 3. The van der Waals surface area contributed by atoms with Crippen LogP contribution in [0, 0.1) is 6.92 Å². The first-order valence-electron chi connectivity index (χ1n) is 12.6. The van der Waals surface area contributed by atoms with Gasteiger partial charge >= 0.3 is 12.1 Å². The fourth-order valence-corrected chi connectivity index (χ4v) is 4.93. The van der Waals surface area contributed by atoms with Gasteiger partial charge in [-0.3, -0.25) is 14.6 Å². The van der Waals surface area contributed by atoms with Crippen LogP contribution in [-0.4, -0.2) is 57.6 Å². The maximum Gasteiger partial charge on any atom is 0.490 e. The number of fused-ring (bicyclic) bond motifs is 1. The highest BCUT2D eigenvalue weighted by molar-refractivity contribution is 5.92. The summed E-state index contributed by atoms with van der Waals surface area (Å²) in [6.07, 6.45) is 0.779. The van der Waals surface area contributed by atoms with Gasteiger partial charge in [-0.25, -0.2) is 4.79 Å². The molecule has 1 unspecified atom stereocenters. The Morgan fingerprint density at radius 2 is 1.80 bits per heavy atom. The molecular weight excluding hydrogens is 531 g/mol. The number of aryl methyl sites for hydroxylation is 1. The number of hydrogen-bond donors (Lipinski definition) is 2. The molecule has 2 aliphatic rings. The van der Waals surface area contributed by atoms with Gasteiger partial charge < -0.3 is 24.5 Å². The van der Waals surface area contributed by atoms with Crippen molar-refractivity contribution >= 4 is 23.5 Å². The van der Waals surface area contributed by atoms with E-state index in [2.05, 4.69) is 10.3 Å². The van der Waals surface area contributed by atoms with Crippen LogP contribution in [0.2, 0.25) is 0 Å². The number of carboxylic acid groups (broad SMARTS) is 1. The lowest BCUT2D eigenvalue weighted by Crippen LogP contribution is -2.52. The second-order valence-electron chi connectivity index (χ2n) is 9.72. The number of carboxylic acids is 1. The highest BCUT2D eigenvalue weighted by atomic mass is 19.4. The molecule has 0 aliphatic carbocycles. The van der Waals surface area contributed by atoms with Crippen molar-refractivity contribution in [3.63, 3.8) is 0 Å².